The van der Waals surface area contributed by atoms with Gasteiger partial charge in [0.2, 0.25) is 0 Å². The fourth-order valence-electron chi connectivity index (χ4n) is 1.24. The standard InChI is InChI=1S/C9H10N2O2/c10-9(3-4-9)6-1-2-7(8(12)13)11-5-6/h1-2,5H,3-4,10H2,(H,12,13). The Morgan fingerprint density at radius 1 is 1.54 bits per heavy atom. The summed E-state index contributed by atoms with van der Waals surface area (Å²) in [5.41, 5.74) is 6.67. The van der Waals surface area contributed by atoms with E-state index in [1.165, 1.54) is 6.07 Å². The lowest BCUT2D eigenvalue weighted by molar-refractivity contribution is 0.0690. The van der Waals surface area contributed by atoms with Gasteiger partial charge in [0.1, 0.15) is 5.69 Å². The van der Waals surface area contributed by atoms with Crippen LogP contribution < -0.4 is 5.73 Å². The number of carbonyl (C=O) groups is 1. The Labute approximate surface area is 75.4 Å². The van der Waals surface area contributed by atoms with Crippen molar-refractivity contribution in [1.82, 2.24) is 4.98 Å². The van der Waals surface area contributed by atoms with Gasteiger partial charge in [0.25, 0.3) is 0 Å². The molecule has 1 heterocycles. The summed E-state index contributed by atoms with van der Waals surface area (Å²) in [7, 11) is 0. The molecule has 4 heteroatoms. The molecule has 0 radical (unpaired) electrons. The quantitative estimate of drug-likeness (QED) is 0.699. The van der Waals surface area contributed by atoms with Gasteiger partial charge in [-0.3, -0.25) is 0 Å². The minimum absolute atomic E-state index is 0.0630. The van der Waals surface area contributed by atoms with E-state index in [1.54, 1.807) is 12.3 Å². The number of hydrogen-bond acceptors (Lipinski definition) is 3. The Morgan fingerprint density at radius 2 is 2.23 bits per heavy atom. The van der Waals surface area contributed by atoms with Crippen LogP contribution in [0.5, 0.6) is 0 Å². The number of hydrogen-bond donors (Lipinski definition) is 2. The highest BCUT2D eigenvalue weighted by atomic mass is 16.4. The molecular weight excluding hydrogens is 168 g/mol. The van der Waals surface area contributed by atoms with Gasteiger partial charge in [-0.1, -0.05) is 6.07 Å². The maximum atomic E-state index is 10.5. The van der Waals surface area contributed by atoms with Crippen LogP contribution in [0, 0.1) is 0 Å². The minimum Gasteiger partial charge on any atom is -0.477 e. The van der Waals surface area contributed by atoms with Crippen molar-refractivity contribution in [3.63, 3.8) is 0 Å². The van der Waals surface area contributed by atoms with Gasteiger partial charge in [0.05, 0.1) is 0 Å². The maximum Gasteiger partial charge on any atom is 0.354 e. The highest BCUT2D eigenvalue weighted by Gasteiger charge is 2.40. The molecule has 1 aromatic heterocycles. The van der Waals surface area contributed by atoms with E-state index in [2.05, 4.69) is 4.98 Å². The van der Waals surface area contributed by atoms with Crippen molar-refractivity contribution in [3.8, 4) is 0 Å². The van der Waals surface area contributed by atoms with Crippen LogP contribution >= 0.6 is 0 Å². The summed E-state index contributed by atoms with van der Waals surface area (Å²) < 4.78 is 0. The van der Waals surface area contributed by atoms with Gasteiger partial charge in [0.15, 0.2) is 0 Å². The van der Waals surface area contributed by atoms with Crippen LogP contribution in [0.4, 0.5) is 0 Å². The first-order chi connectivity index (χ1) is 6.12. The molecule has 13 heavy (non-hydrogen) atoms. The molecule has 68 valence electrons. The molecule has 0 amide bonds. The average molecular weight is 178 g/mol. The summed E-state index contributed by atoms with van der Waals surface area (Å²) >= 11 is 0. The molecule has 1 aliphatic carbocycles. The second-order valence-corrected chi connectivity index (χ2v) is 3.39. The lowest BCUT2D eigenvalue weighted by atomic mass is 10.1. The van der Waals surface area contributed by atoms with Gasteiger partial charge in [-0.25, -0.2) is 9.78 Å². The molecular formula is C9H10N2O2. The smallest absolute Gasteiger partial charge is 0.354 e. The third kappa shape index (κ3) is 1.40. The van der Waals surface area contributed by atoms with Crippen LogP contribution in [0.25, 0.3) is 0 Å². The van der Waals surface area contributed by atoms with Gasteiger partial charge < -0.3 is 10.8 Å². The van der Waals surface area contributed by atoms with Crippen molar-refractivity contribution in [1.29, 1.82) is 0 Å². The second kappa shape index (κ2) is 2.53. The normalized spacial score (nSPS) is 18.2. The minimum atomic E-state index is -1.01. The Morgan fingerprint density at radius 3 is 2.62 bits per heavy atom. The average Bonchev–Trinajstić information content (AvgIpc) is 2.85. The van der Waals surface area contributed by atoms with E-state index < -0.39 is 5.97 Å². The molecule has 4 nitrogen and oxygen atoms in total. The number of pyridine rings is 1. The van der Waals surface area contributed by atoms with Crippen molar-refractivity contribution in [3.05, 3.63) is 29.6 Å². The zero-order chi connectivity index (χ0) is 9.47. The largest absolute Gasteiger partial charge is 0.477 e. The van der Waals surface area contributed by atoms with Crippen molar-refractivity contribution in [2.45, 2.75) is 18.4 Å². The Bertz CT molecular complexity index is 341. The van der Waals surface area contributed by atoms with Crippen molar-refractivity contribution in [2.24, 2.45) is 5.73 Å². The van der Waals surface area contributed by atoms with Crippen LogP contribution in [0.3, 0.4) is 0 Å². The number of rotatable bonds is 2. The molecule has 0 bridgehead atoms. The van der Waals surface area contributed by atoms with E-state index in [0.717, 1.165) is 18.4 Å². The van der Waals surface area contributed by atoms with Crippen LogP contribution in [0.1, 0.15) is 28.9 Å². The Hall–Kier alpha value is -1.42. The molecule has 0 unspecified atom stereocenters. The summed E-state index contributed by atoms with van der Waals surface area (Å²) in [5, 5.41) is 8.60. The summed E-state index contributed by atoms with van der Waals surface area (Å²) in [4.78, 5) is 14.3. The second-order valence-electron chi connectivity index (χ2n) is 3.39. The summed E-state index contributed by atoms with van der Waals surface area (Å²) in [6.07, 6.45) is 3.47. The fraction of sp³-hybridized carbons (Fsp3) is 0.333. The molecule has 1 fully saturated rings. The predicted octanol–water partition coefficient (Wildman–Crippen LogP) is 0.728. The van der Waals surface area contributed by atoms with Crippen molar-refractivity contribution < 1.29 is 9.90 Å². The van der Waals surface area contributed by atoms with E-state index in [1.807, 2.05) is 0 Å². The zero-order valence-electron chi connectivity index (χ0n) is 7.03. The molecule has 3 N–H and O–H groups in total. The molecule has 1 aromatic rings. The number of carboxylic acid groups (broad SMARTS) is 1. The molecule has 1 saturated carbocycles. The van der Waals surface area contributed by atoms with E-state index in [9.17, 15) is 4.79 Å². The molecule has 2 rings (SSSR count). The van der Waals surface area contributed by atoms with E-state index in [0.29, 0.717) is 0 Å². The predicted molar refractivity (Wildman–Crippen MR) is 46.3 cm³/mol. The van der Waals surface area contributed by atoms with Gasteiger partial charge >= 0.3 is 5.97 Å². The van der Waals surface area contributed by atoms with Gasteiger partial charge in [-0.05, 0) is 24.5 Å². The molecule has 0 aromatic carbocycles. The van der Waals surface area contributed by atoms with E-state index in [4.69, 9.17) is 10.8 Å². The zero-order valence-corrected chi connectivity index (χ0v) is 7.03. The molecule has 1 aliphatic rings. The fourth-order valence-corrected chi connectivity index (χ4v) is 1.24. The Kier molecular flexibility index (Phi) is 1.60. The summed E-state index contributed by atoms with van der Waals surface area (Å²) in [5.74, 6) is -1.01. The van der Waals surface area contributed by atoms with E-state index >= 15 is 0 Å². The van der Waals surface area contributed by atoms with E-state index in [-0.39, 0.29) is 11.2 Å². The summed E-state index contributed by atoms with van der Waals surface area (Å²) in [6, 6.07) is 3.23. The number of nitrogens with zero attached hydrogens (tertiary/aromatic N) is 1. The maximum absolute atomic E-state index is 10.5. The molecule has 0 atom stereocenters. The first-order valence-electron chi connectivity index (χ1n) is 4.10. The third-order valence-electron chi connectivity index (χ3n) is 2.35. The van der Waals surface area contributed by atoms with Gasteiger partial charge in [-0.15, -0.1) is 0 Å². The molecule has 0 saturated heterocycles. The highest BCUT2D eigenvalue weighted by molar-refractivity contribution is 5.85. The summed E-state index contributed by atoms with van der Waals surface area (Å²) in [6.45, 7) is 0. The van der Waals surface area contributed by atoms with Gasteiger partial charge in [-0.2, -0.15) is 0 Å². The molecule has 0 aliphatic heterocycles. The van der Waals surface area contributed by atoms with Crippen LogP contribution in [0.2, 0.25) is 0 Å². The number of aromatic carboxylic acids is 1. The number of nitrogens with two attached hydrogens (primary N) is 1. The molecule has 0 spiro atoms. The van der Waals surface area contributed by atoms with Crippen molar-refractivity contribution in [2.75, 3.05) is 0 Å². The highest BCUT2D eigenvalue weighted by Crippen LogP contribution is 2.42. The topological polar surface area (TPSA) is 76.2 Å². The van der Waals surface area contributed by atoms with Crippen LogP contribution in [-0.4, -0.2) is 16.1 Å². The third-order valence-corrected chi connectivity index (χ3v) is 2.35. The SMILES string of the molecule is NC1(c2ccc(C(=O)O)nc2)CC1. The van der Waals surface area contributed by atoms with Crippen LogP contribution in [-0.2, 0) is 5.54 Å². The van der Waals surface area contributed by atoms with Gasteiger partial charge in [0, 0.05) is 11.7 Å². The monoisotopic (exact) mass is 178 g/mol. The lowest BCUT2D eigenvalue weighted by Crippen LogP contribution is -2.19. The first kappa shape index (κ1) is 8.19. The Balaban J connectivity index is 2.28. The number of carboxylic acids is 1. The van der Waals surface area contributed by atoms with Crippen molar-refractivity contribution >= 4 is 5.97 Å². The van der Waals surface area contributed by atoms with Crippen LogP contribution in [0.15, 0.2) is 18.3 Å². The lowest BCUT2D eigenvalue weighted by Gasteiger charge is -2.07. The number of aromatic nitrogens is 1. The first-order valence-corrected chi connectivity index (χ1v) is 4.10.